The number of hydrogen-bond acceptors (Lipinski definition) is 4. The Hall–Kier alpha value is -1.59. The molecule has 0 radical (unpaired) electrons. The van der Waals surface area contributed by atoms with Gasteiger partial charge >= 0.3 is 6.09 Å². The molecule has 1 aliphatic heterocycles. The summed E-state index contributed by atoms with van der Waals surface area (Å²) in [5.74, 6) is -0.234. The molecule has 0 spiro atoms. The van der Waals surface area contributed by atoms with Crippen molar-refractivity contribution in [2.45, 2.75) is 79.0 Å². The van der Waals surface area contributed by atoms with E-state index in [9.17, 15) is 14.4 Å². The second kappa shape index (κ2) is 6.89. The van der Waals surface area contributed by atoms with E-state index in [4.69, 9.17) is 4.74 Å². The molecule has 0 bridgehead atoms. The van der Waals surface area contributed by atoms with Crippen LogP contribution < -0.4 is 5.32 Å². The standard InChI is InChI=1S/C17H30N2O4/c1-11(20)12-9-8-10-19(12)14(21)13(16(2,3)4)18-15(22)23-17(5,6)7/h12-13H,8-10H2,1-7H3,(H,18,22). The minimum absolute atomic E-state index is 0.0132. The molecule has 0 saturated carbocycles. The van der Waals surface area contributed by atoms with Crippen LogP contribution in [0.3, 0.4) is 0 Å². The highest BCUT2D eigenvalue weighted by atomic mass is 16.6. The summed E-state index contributed by atoms with van der Waals surface area (Å²) in [6, 6.07) is -1.12. The lowest BCUT2D eigenvalue weighted by molar-refractivity contribution is -0.140. The van der Waals surface area contributed by atoms with Crippen LogP contribution in [0.15, 0.2) is 0 Å². The largest absolute Gasteiger partial charge is 0.444 e. The van der Waals surface area contributed by atoms with Crippen molar-refractivity contribution in [1.29, 1.82) is 0 Å². The predicted molar refractivity (Wildman–Crippen MR) is 88.0 cm³/mol. The highest BCUT2D eigenvalue weighted by Gasteiger charge is 2.41. The first kappa shape index (κ1) is 19.5. The van der Waals surface area contributed by atoms with Gasteiger partial charge in [0.1, 0.15) is 11.6 Å². The Morgan fingerprint density at radius 2 is 1.70 bits per heavy atom. The number of ether oxygens (including phenoxy) is 1. The third-order valence-electron chi connectivity index (χ3n) is 3.78. The Morgan fingerprint density at radius 1 is 1.13 bits per heavy atom. The smallest absolute Gasteiger partial charge is 0.408 e. The lowest BCUT2D eigenvalue weighted by Gasteiger charge is -2.35. The molecule has 2 unspecified atom stereocenters. The first-order valence-corrected chi connectivity index (χ1v) is 8.13. The zero-order chi connectivity index (χ0) is 18.0. The van der Waals surface area contributed by atoms with E-state index in [0.29, 0.717) is 13.0 Å². The average molecular weight is 326 g/mol. The fraction of sp³-hybridized carbons (Fsp3) is 0.824. The molecule has 6 nitrogen and oxygen atoms in total. The molecule has 132 valence electrons. The van der Waals surface area contributed by atoms with Gasteiger partial charge < -0.3 is 15.0 Å². The number of nitrogens with zero attached hydrogens (tertiary/aromatic N) is 1. The molecule has 1 heterocycles. The van der Waals surface area contributed by atoms with Gasteiger partial charge in [0.15, 0.2) is 5.78 Å². The van der Waals surface area contributed by atoms with Crippen molar-refractivity contribution in [3.05, 3.63) is 0 Å². The predicted octanol–water partition coefficient (Wildman–Crippen LogP) is 2.51. The van der Waals surface area contributed by atoms with Crippen LogP contribution in [0.1, 0.15) is 61.3 Å². The van der Waals surface area contributed by atoms with Crippen LogP contribution in [-0.4, -0.2) is 46.9 Å². The monoisotopic (exact) mass is 326 g/mol. The Balaban J connectivity index is 2.92. The third-order valence-corrected chi connectivity index (χ3v) is 3.78. The number of hydrogen-bond donors (Lipinski definition) is 1. The second-order valence-electron chi connectivity index (χ2n) is 8.25. The van der Waals surface area contributed by atoms with Crippen molar-refractivity contribution in [3.63, 3.8) is 0 Å². The molecule has 1 saturated heterocycles. The van der Waals surface area contributed by atoms with Gasteiger partial charge in [-0.05, 0) is 46.0 Å². The normalized spacial score (nSPS) is 20.1. The number of alkyl carbamates (subject to hydrolysis) is 1. The average Bonchev–Trinajstić information content (AvgIpc) is 2.80. The van der Waals surface area contributed by atoms with E-state index in [-0.39, 0.29) is 17.7 Å². The van der Waals surface area contributed by atoms with Gasteiger partial charge in [0.05, 0.1) is 6.04 Å². The van der Waals surface area contributed by atoms with E-state index in [1.807, 2.05) is 20.8 Å². The molecule has 1 N–H and O–H groups in total. The number of carbonyl (C=O) groups excluding carboxylic acids is 3. The van der Waals surface area contributed by atoms with E-state index in [0.717, 1.165) is 6.42 Å². The van der Waals surface area contributed by atoms with Crippen molar-refractivity contribution in [1.82, 2.24) is 10.2 Å². The highest BCUT2D eigenvalue weighted by Crippen LogP contribution is 2.26. The molecule has 1 aliphatic rings. The van der Waals surface area contributed by atoms with Crippen molar-refractivity contribution >= 4 is 17.8 Å². The van der Waals surface area contributed by atoms with Crippen LogP contribution in [0, 0.1) is 5.41 Å². The summed E-state index contributed by atoms with van der Waals surface area (Å²) in [7, 11) is 0. The summed E-state index contributed by atoms with van der Waals surface area (Å²) in [4.78, 5) is 38.3. The number of likely N-dealkylation sites (tertiary alicyclic amines) is 1. The molecule has 1 fully saturated rings. The van der Waals surface area contributed by atoms with Gasteiger partial charge in [0, 0.05) is 6.54 Å². The van der Waals surface area contributed by atoms with Crippen LogP contribution in [-0.2, 0) is 14.3 Å². The molecule has 2 atom stereocenters. The summed E-state index contributed by atoms with van der Waals surface area (Å²) in [5, 5.41) is 2.69. The van der Waals surface area contributed by atoms with E-state index in [1.165, 1.54) is 6.92 Å². The molecule has 6 heteroatoms. The second-order valence-corrected chi connectivity index (χ2v) is 8.25. The quantitative estimate of drug-likeness (QED) is 0.864. The zero-order valence-corrected chi connectivity index (χ0v) is 15.4. The zero-order valence-electron chi connectivity index (χ0n) is 15.4. The van der Waals surface area contributed by atoms with Gasteiger partial charge in [-0.1, -0.05) is 20.8 Å². The first-order chi connectivity index (χ1) is 10.3. The Morgan fingerprint density at radius 3 is 2.13 bits per heavy atom. The number of rotatable bonds is 3. The topological polar surface area (TPSA) is 75.7 Å². The van der Waals surface area contributed by atoms with Gasteiger partial charge in [-0.15, -0.1) is 0 Å². The number of carbonyl (C=O) groups is 3. The van der Waals surface area contributed by atoms with Crippen LogP contribution in [0.25, 0.3) is 0 Å². The molecule has 2 amide bonds. The molecule has 0 aromatic carbocycles. The molecular weight excluding hydrogens is 296 g/mol. The van der Waals surface area contributed by atoms with E-state index < -0.39 is 23.2 Å². The molecular formula is C17H30N2O4. The SMILES string of the molecule is CC(=O)C1CCCN1C(=O)C(NC(=O)OC(C)(C)C)C(C)(C)C. The maximum atomic E-state index is 12.9. The molecule has 23 heavy (non-hydrogen) atoms. The summed E-state index contributed by atoms with van der Waals surface area (Å²) in [6.07, 6.45) is 0.869. The molecule has 1 rings (SSSR count). The number of amides is 2. The third kappa shape index (κ3) is 5.52. The fourth-order valence-corrected chi connectivity index (χ4v) is 2.69. The maximum absolute atomic E-state index is 12.9. The lowest BCUT2D eigenvalue weighted by Crippen LogP contribution is -2.57. The van der Waals surface area contributed by atoms with Gasteiger partial charge in [0.25, 0.3) is 0 Å². The summed E-state index contributed by atoms with van der Waals surface area (Å²) in [6.45, 7) is 13.0. The number of nitrogens with one attached hydrogen (secondary N) is 1. The Bertz CT molecular complexity index is 474. The molecule has 0 aliphatic carbocycles. The number of Topliss-reactive ketones (excluding diaryl/α,β-unsaturated/α-hetero) is 1. The van der Waals surface area contributed by atoms with Crippen LogP contribution in [0.2, 0.25) is 0 Å². The Labute approximate surface area is 138 Å². The number of ketones is 1. The van der Waals surface area contributed by atoms with Crippen molar-refractivity contribution in [3.8, 4) is 0 Å². The van der Waals surface area contributed by atoms with Gasteiger partial charge in [0.2, 0.25) is 5.91 Å². The minimum atomic E-state index is -0.739. The minimum Gasteiger partial charge on any atom is -0.444 e. The highest BCUT2D eigenvalue weighted by molar-refractivity contribution is 5.92. The van der Waals surface area contributed by atoms with Crippen molar-refractivity contribution < 1.29 is 19.1 Å². The van der Waals surface area contributed by atoms with Gasteiger partial charge in [-0.3, -0.25) is 9.59 Å². The van der Waals surface area contributed by atoms with Gasteiger partial charge in [-0.2, -0.15) is 0 Å². The summed E-state index contributed by atoms with van der Waals surface area (Å²) in [5.41, 5.74) is -1.12. The van der Waals surface area contributed by atoms with E-state index >= 15 is 0 Å². The van der Waals surface area contributed by atoms with Crippen LogP contribution in [0.5, 0.6) is 0 Å². The Kier molecular flexibility index (Phi) is 5.83. The molecule has 0 aromatic heterocycles. The summed E-state index contributed by atoms with van der Waals surface area (Å²) < 4.78 is 5.26. The molecule has 0 aromatic rings. The lowest BCUT2D eigenvalue weighted by atomic mass is 9.85. The van der Waals surface area contributed by atoms with Crippen LogP contribution >= 0.6 is 0 Å². The summed E-state index contributed by atoms with van der Waals surface area (Å²) >= 11 is 0. The van der Waals surface area contributed by atoms with Crippen molar-refractivity contribution in [2.75, 3.05) is 6.54 Å². The van der Waals surface area contributed by atoms with E-state index in [2.05, 4.69) is 5.32 Å². The van der Waals surface area contributed by atoms with Gasteiger partial charge in [-0.25, -0.2) is 4.79 Å². The van der Waals surface area contributed by atoms with Crippen molar-refractivity contribution in [2.24, 2.45) is 5.41 Å². The maximum Gasteiger partial charge on any atom is 0.408 e. The van der Waals surface area contributed by atoms with Crippen LogP contribution in [0.4, 0.5) is 4.79 Å². The fourth-order valence-electron chi connectivity index (χ4n) is 2.69. The van der Waals surface area contributed by atoms with E-state index in [1.54, 1.807) is 25.7 Å². The first-order valence-electron chi connectivity index (χ1n) is 8.13.